The van der Waals surface area contributed by atoms with Crippen LogP contribution in [0.1, 0.15) is 45.6 Å². The summed E-state index contributed by atoms with van der Waals surface area (Å²) >= 11 is 0. The van der Waals surface area contributed by atoms with Crippen molar-refractivity contribution >= 4 is 5.91 Å². The van der Waals surface area contributed by atoms with Crippen molar-refractivity contribution in [1.29, 1.82) is 0 Å². The maximum atomic E-state index is 13.2. The smallest absolute Gasteiger partial charge is 0.240 e. The molecule has 0 aliphatic carbocycles. The number of amides is 1. The lowest BCUT2D eigenvalue weighted by Gasteiger charge is -2.45. The summed E-state index contributed by atoms with van der Waals surface area (Å²) in [4.78, 5) is 17.8. The fourth-order valence-corrected chi connectivity index (χ4v) is 4.67. The molecule has 0 aromatic heterocycles. The van der Waals surface area contributed by atoms with Crippen LogP contribution in [0.3, 0.4) is 0 Å². The van der Waals surface area contributed by atoms with Crippen LogP contribution < -0.4 is 5.32 Å². The van der Waals surface area contributed by atoms with Gasteiger partial charge in [0.25, 0.3) is 0 Å². The topological polar surface area (TPSA) is 55.8 Å². The maximum absolute atomic E-state index is 13.2. The lowest BCUT2D eigenvalue weighted by molar-refractivity contribution is -0.130. The number of carbonyl (C=O) groups is 1. The third-order valence-corrected chi connectivity index (χ3v) is 6.40. The zero-order chi connectivity index (χ0) is 19.4. The van der Waals surface area contributed by atoms with Crippen molar-refractivity contribution < 1.29 is 9.90 Å². The van der Waals surface area contributed by atoms with Crippen LogP contribution in [-0.2, 0) is 11.2 Å². The molecule has 150 valence electrons. The molecule has 0 spiro atoms. The van der Waals surface area contributed by atoms with Gasteiger partial charge in [-0.25, -0.2) is 0 Å². The van der Waals surface area contributed by atoms with Crippen molar-refractivity contribution in [1.82, 2.24) is 15.1 Å². The first-order valence-electron chi connectivity index (χ1n) is 10.5. The molecule has 2 fully saturated rings. The number of likely N-dealkylation sites (N-methyl/N-ethyl adjacent to an activating group) is 1. The van der Waals surface area contributed by atoms with Crippen LogP contribution in [0, 0.1) is 0 Å². The van der Waals surface area contributed by atoms with Crippen molar-refractivity contribution in [3.63, 3.8) is 0 Å². The Morgan fingerprint density at radius 3 is 2.48 bits per heavy atom. The van der Waals surface area contributed by atoms with Crippen LogP contribution in [0.4, 0.5) is 0 Å². The molecule has 2 aliphatic heterocycles. The first-order chi connectivity index (χ1) is 12.9. The molecule has 1 aromatic carbocycles. The first-order valence-corrected chi connectivity index (χ1v) is 10.5. The number of aliphatic hydroxyl groups is 1. The fourth-order valence-electron chi connectivity index (χ4n) is 4.67. The SMILES string of the molecule is CCN1CCC(O)C1C(=O)NC1(Cc2ccccc2)CCN(C(C)C)CC1. The Morgan fingerprint density at radius 1 is 1.22 bits per heavy atom. The van der Waals surface area contributed by atoms with Crippen molar-refractivity contribution in [3.8, 4) is 0 Å². The first kappa shape index (κ1) is 20.3. The Balaban J connectivity index is 1.77. The molecule has 0 radical (unpaired) electrons. The molecular formula is C22H35N3O2. The van der Waals surface area contributed by atoms with E-state index in [2.05, 4.69) is 60.2 Å². The van der Waals surface area contributed by atoms with E-state index in [4.69, 9.17) is 0 Å². The summed E-state index contributed by atoms with van der Waals surface area (Å²) in [7, 11) is 0. The number of hydrogen-bond donors (Lipinski definition) is 2. The molecule has 2 unspecified atom stereocenters. The van der Waals surface area contributed by atoms with Gasteiger partial charge in [0.15, 0.2) is 0 Å². The van der Waals surface area contributed by atoms with E-state index in [1.807, 2.05) is 6.07 Å². The summed E-state index contributed by atoms with van der Waals surface area (Å²) in [5, 5.41) is 13.8. The number of likely N-dealkylation sites (tertiary alicyclic amines) is 2. The Kier molecular flexibility index (Phi) is 6.56. The number of aliphatic hydroxyl groups excluding tert-OH is 1. The van der Waals surface area contributed by atoms with Crippen LogP contribution in [-0.4, -0.2) is 70.7 Å². The van der Waals surface area contributed by atoms with Gasteiger partial charge in [-0.05, 0) is 51.6 Å². The second-order valence-electron chi connectivity index (χ2n) is 8.49. The minimum Gasteiger partial charge on any atom is -0.391 e. The Hall–Kier alpha value is -1.43. The number of nitrogens with one attached hydrogen (secondary N) is 1. The van der Waals surface area contributed by atoms with Gasteiger partial charge in [-0.2, -0.15) is 0 Å². The Morgan fingerprint density at radius 2 is 1.89 bits per heavy atom. The van der Waals surface area contributed by atoms with E-state index in [9.17, 15) is 9.90 Å². The number of nitrogens with zero attached hydrogens (tertiary/aromatic N) is 2. The van der Waals surface area contributed by atoms with E-state index in [0.29, 0.717) is 12.5 Å². The van der Waals surface area contributed by atoms with Crippen molar-refractivity contribution in [2.75, 3.05) is 26.2 Å². The molecule has 1 amide bonds. The summed E-state index contributed by atoms with van der Waals surface area (Å²) in [6.45, 7) is 10.1. The molecule has 1 aromatic rings. The third-order valence-electron chi connectivity index (χ3n) is 6.40. The minimum absolute atomic E-state index is 0.00391. The predicted molar refractivity (Wildman–Crippen MR) is 109 cm³/mol. The summed E-state index contributed by atoms with van der Waals surface area (Å²) in [5.74, 6) is -0.00391. The van der Waals surface area contributed by atoms with E-state index in [1.54, 1.807) is 0 Å². The third kappa shape index (κ3) is 4.71. The zero-order valence-electron chi connectivity index (χ0n) is 17.0. The summed E-state index contributed by atoms with van der Waals surface area (Å²) < 4.78 is 0. The van der Waals surface area contributed by atoms with E-state index >= 15 is 0 Å². The lowest BCUT2D eigenvalue weighted by atomic mass is 9.81. The van der Waals surface area contributed by atoms with Crippen LogP contribution in [0.15, 0.2) is 30.3 Å². The minimum atomic E-state index is -0.561. The van der Waals surface area contributed by atoms with Crippen molar-refractivity contribution in [3.05, 3.63) is 35.9 Å². The van der Waals surface area contributed by atoms with Gasteiger partial charge in [0.1, 0.15) is 6.04 Å². The molecular weight excluding hydrogens is 338 g/mol. The molecule has 2 aliphatic rings. The summed E-state index contributed by atoms with van der Waals surface area (Å²) in [5.41, 5.74) is 1.03. The van der Waals surface area contributed by atoms with Gasteiger partial charge in [-0.1, -0.05) is 37.3 Å². The zero-order valence-corrected chi connectivity index (χ0v) is 17.0. The van der Waals surface area contributed by atoms with Gasteiger partial charge in [-0.3, -0.25) is 9.69 Å². The van der Waals surface area contributed by atoms with Gasteiger partial charge in [0, 0.05) is 31.2 Å². The normalized spacial score (nSPS) is 26.4. The average Bonchev–Trinajstić information content (AvgIpc) is 3.03. The standard InChI is InChI=1S/C22H35N3O2/c1-4-24-13-10-19(26)20(24)21(27)23-22(16-18-8-6-5-7-9-18)11-14-25(15-12-22)17(2)3/h5-9,17,19-20,26H,4,10-16H2,1-3H3,(H,23,27). The fraction of sp³-hybridized carbons (Fsp3) is 0.682. The molecule has 5 heteroatoms. The van der Waals surface area contributed by atoms with E-state index in [1.165, 1.54) is 5.56 Å². The highest BCUT2D eigenvalue weighted by Gasteiger charge is 2.42. The lowest BCUT2D eigenvalue weighted by Crippen LogP contribution is -2.61. The molecule has 27 heavy (non-hydrogen) atoms. The number of carbonyl (C=O) groups excluding carboxylic acids is 1. The van der Waals surface area contributed by atoms with Crippen LogP contribution >= 0.6 is 0 Å². The number of rotatable bonds is 6. The molecule has 5 nitrogen and oxygen atoms in total. The van der Waals surface area contributed by atoms with Gasteiger partial charge in [0.2, 0.25) is 5.91 Å². The van der Waals surface area contributed by atoms with E-state index in [-0.39, 0.29) is 11.4 Å². The van der Waals surface area contributed by atoms with E-state index < -0.39 is 12.1 Å². The van der Waals surface area contributed by atoms with Gasteiger partial charge in [-0.15, -0.1) is 0 Å². The molecule has 2 saturated heterocycles. The Bertz CT molecular complexity index is 611. The maximum Gasteiger partial charge on any atom is 0.240 e. The molecule has 2 heterocycles. The molecule has 2 N–H and O–H groups in total. The number of benzene rings is 1. The molecule has 3 rings (SSSR count). The molecule has 0 saturated carbocycles. The highest BCUT2D eigenvalue weighted by atomic mass is 16.3. The highest BCUT2D eigenvalue weighted by molar-refractivity contribution is 5.83. The monoisotopic (exact) mass is 373 g/mol. The number of piperidine rings is 1. The quantitative estimate of drug-likeness (QED) is 0.801. The second-order valence-corrected chi connectivity index (χ2v) is 8.49. The van der Waals surface area contributed by atoms with Crippen molar-refractivity contribution in [2.24, 2.45) is 0 Å². The van der Waals surface area contributed by atoms with E-state index in [0.717, 1.165) is 45.4 Å². The van der Waals surface area contributed by atoms with Crippen molar-refractivity contribution in [2.45, 2.75) is 70.2 Å². The van der Waals surface area contributed by atoms with Crippen LogP contribution in [0.5, 0.6) is 0 Å². The average molecular weight is 374 g/mol. The Labute approximate surface area is 163 Å². The second kappa shape index (κ2) is 8.72. The van der Waals surface area contributed by atoms with Gasteiger partial charge < -0.3 is 15.3 Å². The highest BCUT2D eigenvalue weighted by Crippen LogP contribution is 2.29. The summed E-state index contributed by atoms with van der Waals surface area (Å²) in [6, 6.07) is 10.6. The number of hydrogen-bond acceptors (Lipinski definition) is 4. The largest absolute Gasteiger partial charge is 0.391 e. The molecule has 0 bridgehead atoms. The predicted octanol–water partition coefficient (Wildman–Crippen LogP) is 2.04. The van der Waals surface area contributed by atoms with Gasteiger partial charge >= 0.3 is 0 Å². The van der Waals surface area contributed by atoms with Crippen LogP contribution in [0.25, 0.3) is 0 Å². The molecule has 2 atom stereocenters. The van der Waals surface area contributed by atoms with Gasteiger partial charge in [0.05, 0.1) is 6.10 Å². The van der Waals surface area contributed by atoms with Crippen LogP contribution in [0.2, 0.25) is 0 Å². The summed E-state index contributed by atoms with van der Waals surface area (Å²) in [6.07, 6.45) is 2.86.